The topological polar surface area (TPSA) is 29.5 Å². The fraction of sp³-hybridized carbons (Fsp3) is 0.562. The van der Waals surface area contributed by atoms with E-state index in [1.54, 1.807) is 0 Å². The Balaban J connectivity index is 1.90. The molecule has 1 aromatic rings. The van der Waals surface area contributed by atoms with E-state index in [0.717, 1.165) is 30.2 Å². The number of hydrogen-bond acceptors (Lipinski definition) is 4. The summed E-state index contributed by atoms with van der Waals surface area (Å²) in [5.41, 5.74) is 0.778. The molecule has 1 aromatic carbocycles. The zero-order valence-electron chi connectivity index (χ0n) is 12.3. The number of ketones is 1. The van der Waals surface area contributed by atoms with E-state index in [4.69, 9.17) is 4.74 Å². The van der Waals surface area contributed by atoms with Crippen molar-refractivity contribution >= 4 is 17.5 Å². The number of nitrogens with zero attached hydrogens (tertiary/aromatic N) is 1. The summed E-state index contributed by atoms with van der Waals surface area (Å²) in [5, 5.41) is 0.678. The van der Waals surface area contributed by atoms with Gasteiger partial charge in [-0.25, -0.2) is 0 Å². The lowest BCUT2D eigenvalue weighted by molar-refractivity contribution is 0.0932. The monoisotopic (exact) mass is 293 g/mol. The Morgan fingerprint density at radius 3 is 2.75 bits per heavy atom. The third-order valence-corrected chi connectivity index (χ3v) is 4.90. The van der Waals surface area contributed by atoms with Crippen molar-refractivity contribution in [2.24, 2.45) is 0 Å². The fourth-order valence-corrected chi connectivity index (χ4v) is 3.62. The Morgan fingerprint density at radius 1 is 1.35 bits per heavy atom. The number of thioether (sulfide) groups is 1. The van der Waals surface area contributed by atoms with Gasteiger partial charge in [-0.1, -0.05) is 6.92 Å². The van der Waals surface area contributed by atoms with Crippen molar-refractivity contribution in [3.05, 3.63) is 29.8 Å². The van der Waals surface area contributed by atoms with Crippen LogP contribution in [-0.4, -0.2) is 47.9 Å². The van der Waals surface area contributed by atoms with E-state index in [9.17, 15) is 4.79 Å². The van der Waals surface area contributed by atoms with Gasteiger partial charge >= 0.3 is 0 Å². The van der Waals surface area contributed by atoms with Crippen molar-refractivity contribution in [2.75, 3.05) is 32.0 Å². The summed E-state index contributed by atoms with van der Waals surface area (Å²) in [5.74, 6) is 2.16. The van der Waals surface area contributed by atoms with Crippen LogP contribution in [0.3, 0.4) is 0 Å². The number of carbonyl (C=O) groups is 1. The molecule has 4 heteroatoms. The molecule has 110 valence electrons. The van der Waals surface area contributed by atoms with Crippen molar-refractivity contribution in [2.45, 2.75) is 25.5 Å². The molecule has 0 amide bonds. The Bertz CT molecular complexity index is 433. The largest absolute Gasteiger partial charge is 0.494 e. The van der Waals surface area contributed by atoms with Crippen LogP contribution < -0.4 is 4.74 Å². The molecule has 1 saturated heterocycles. The zero-order chi connectivity index (χ0) is 14.4. The summed E-state index contributed by atoms with van der Waals surface area (Å²) in [6, 6.07) is 7.47. The summed E-state index contributed by atoms with van der Waals surface area (Å²) in [6.45, 7) is 7.41. The van der Waals surface area contributed by atoms with Gasteiger partial charge in [-0.3, -0.25) is 9.69 Å². The molecule has 1 fully saturated rings. The Hall–Kier alpha value is -1.00. The molecule has 0 saturated carbocycles. The number of rotatable bonds is 6. The molecule has 1 aliphatic rings. The lowest BCUT2D eigenvalue weighted by atomic mass is 10.1. The van der Waals surface area contributed by atoms with E-state index in [-0.39, 0.29) is 5.78 Å². The van der Waals surface area contributed by atoms with E-state index >= 15 is 0 Å². The summed E-state index contributed by atoms with van der Waals surface area (Å²) in [4.78, 5) is 14.6. The second-order valence-electron chi connectivity index (χ2n) is 5.02. The SMILES string of the molecule is CCOc1ccc(C(=O)CN2CCSC(CC)C2)cc1. The molecule has 1 unspecified atom stereocenters. The molecular formula is C16H23NO2S. The number of Topliss-reactive ketones (excluding diaryl/α,β-unsaturated/α-hetero) is 1. The van der Waals surface area contributed by atoms with Crippen LogP contribution in [0, 0.1) is 0 Å². The zero-order valence-corrected chi connectivity index (χ0v) is 13.1. The third kappa shape index (κ3) is 4.25. The first-order chi connectivity index (χ1) is 9.72. The first-order valence-corrected chi connectivity index (χ1v) is 8.37. The minimum atomic E-state index is 0.204. The van der Waals surface area contributed by atoms with E-state index in [1.807, 2.05) is 43.0 Å². The fourth-order valence-electron chi connectivity index (χ4n) is 2.37. The Kier molecular flexibility index (Phi) is 5.92. The first-order valence-electron chi connectivity index (χ1n) is 7.33. The molecule has 1 aliphatic heterocycles. The predicted octanol–water partition coefficient (Wildman–Crippen LogP) is 3.10. The highest BCUT2D eigenvalue weighted by molar-refractivity contribution is 8.00. The average Bonchev–Trinajstić information content (AvgIpc) is 2.48. The van der Waals surface area contributed by atoms with Crippen molar-refractivity contribution in [1.82, 2.24) is 4.90 Å². The van der Waals surface area contributed by atoms with Gasteiger partial charge in [-0.2, -0.15) is 11.8 Å². The van der Waals surface area contributed by atoms with Crippen molar-refractivity contribution < 1.29 is 9.53 Å². The molecule has 1 atom stereocenters. The predicted molar refractivity (Wildman–Crippen MR) is 84.9 cm³/mol. The summed E-state index contributed by atoms with van der Waals surface area (Å²) in [6.07, 6.45) is 1.18. The quantitative estimate of drug-likeness (QED) is 0.754. The number of hydrogen-bond donors (Lipinski definition) is 0. The molecule has 0 aromatic heterocycles. The minimum absolute atomic E-state index is 0.204. The second-order valence-corrected chi connectivity index (χ2v) is 6.42. The Morgan fingerprint density at radius 2 is 2.10 bits per heavy atom. The van der Waals surface area contributed by atoms with E-state index in [0.29, 0.717) is 18.4 Å². The van der Waals surface area contributed by atoms with Crippen molar-refractivity contribution in [3.63, 3.8) is 0 Å². The standard InChI is InChI=1S/C16H23NO2S/c1-3-15-11-17(9-10-20-15)12-16(18)13-5-7-14(8-6-13)19-4-2/h5-8,15H,3-4,9-12H2,1-2H3. The van der Waals surface area contributed by atoms with Gasteiger partial charge < -0.3 is 4.74 Å². The molecular weight excluding hydrogens is 270 g/mol. The number of benzene rings is 1. The van der Waals surface area contributed by atoms with Crippen molar-refractivity contribution in [1.29, 1.82) is 0 Å². The molecule has 1 heterocycles. The highest BCUT2D eigenvalue weighted by Crippen LogP contribution is 2.21. The molecule has 0 bridgehead atoms. The number of ether oxygens (including phenoxy) is 1. The molecule has 3 nitrogen and oxygen atoms in total. The highest BCUT2D eigenvalue weighted by atomic mass is 32.2. The smallest absolute Gasteiger partial charge is 0.176 e. The maximum Gasteiger partial charge on any atom is 0.176 e. The lowest BCUT2D eigenvalue weighted by Crippen LogP contribution is -2.40. The van der Waals surface area contributed by atoms with Crippen molar-refractivity contribution in [3.8, 4) is 5.75 Å². The third-order valence-electron chi connectivity index (χ3n) is 3.53. The van der Waals surface area contributed by atoms with E-state index < -0.39 is 0 Å². The molecule has 0 spiro atoms. The second kappa shape index (κ2) is 7.70. The maximum absolute atomic E-state index is 12.3. The van der Waals surface area contributed by atoms with Crippen LogP contribution in [0.2, 0.25) is 0 Å². The molecule has 2 rings (SSSR count). The lowest BCUT2D eigenvalue weighted by Gasteiger charge is -2.31. The van der Waals surface area contributed by atoms with Gasteiger partial charge in [0.2, 0.25) is 0 Å². The van der Waals surface area contributed by atoms with E-state index in [1.165, 1.54) is 6.42 Å². The van der Waals surface area contributed by atoms with Gasteiger partial charge in [-0.05, 0) is 37.6 Å². The summed E-state index contributed by atoms with van der Waals surface area (Å²) < 4.78 is 5.39. The molecule has 0 aliphatic carbocycles. The minimum Gasteiger partial charge on any atom is -0.494 e. The van der Waals surface area contributed by atoms with Gasteiger partial charge in [0.25, 0.3) is 0 Å². The van der Waals surface area contributed by atoms with Gasteiger partial charge in [0.05, 0.1) is 13.2 Å². The van der Waals surface area contributed by atoms with Gasteiger partial charge in [0, 0.05) is 29.7 Å². The number of carbonyl (C=O) groups excluding carboxylic acids is 1. The van der Waals surface area contributed by atoms with Crippen LogP contribution >= 0.6 is 11.8 Å². The maximum atomic E-state index is 12.3. The highest BCUT2D eigenvalue weighted by Gasteiger charge is 2.21. The summed E-state index contributed by atoms with van der Waals surface area (Å²) >= 11 is 2.03. The normalized spacial score (nSPS) is 19.8. The van der Waals surface area contributed by atoms with Gasteiger partial charge in [0.1, 0.15) is 5.75 Å². The van der Waals surface area contributed by atoms with Crippen LogP contribution in [0.1, 0.15) is 30.6 Å². The Labute approximate surface area is 125 Å². The summed E-state index contributed by atoms with van der Waals surface area (Å²) in [7, 11) is 0. The van der Waals surface area contributed by atoms with Crippen LogP contribution in [-0.2, 0) is 0 Å². The first kappa shape index (κ1) is 15.4. The van der Waals surface area contributed by atoms with Gasteiger partial charge in [0.15, 0.2) is 5.78 Å². The average molecular weight is 293 g/mol. The molecule has 0 N–H and O–H groups in total. The van der Waals surface area contributed by atoms with Crippen LogP contribution in [0.25, 0.3) is 0 Å². The van der Waals surface area contributed by atoms with Gasteiger partial charge in [-0.15, -0.1) is 0 Å². The van der Waals surface area contributed by atoms with Crippen LogP contribution in [0.15, 0.2) is 24.3 Å². The van der Waals surface area contributed by atoms with Crippen LogP contribution in [0.5, 0.6) is 5.75 Å². The van der Waals surface area contributed by atoms with Crippen LogP contribution in [0.4, 0.5) is 0 Å². The molecule has 0 radical (unpaired) electrons. The molecule has 20 heavy (non-hydrogen) atoms. The van der Waals surface area contributed by atoms with E-state index in [2.05, 4.69) is 11.8 Å².